The maximum absolute atomic E-state index is 12.0. The lowest BCUT2D eigenvalue weighted by Gasteiger charge is -2.11. The van der Waals surface area contributed by atoms with Crippen LogP contribution in [0.15, 0.2) is 18.2 Å². The molecule has 0 amide bonds. The summed E-state index contributed by atoms with van der Waals surface area (Å²) in [5.41, 5.74) is 0.566. The Hall–Kier alpha value is -1.23. The number of carbonyl (C=O) groups is 1. The highest BCUT2D eigenvalue weighted by Gasteiger charge is 2.32. The summed E-state index contributed by atoms with van der Waals surface area (Å²) in [6.07, 6.45) is -3.48. The van der Waals surface area contributed by atoms with E-state index in [0.29, 0.717) is 18.3 Å². The number of aldehydes is 1. The Labute approximate surface area is 95.0 Å². The quantitative estimate of drug-likeness (QED) is 0.768. The van der Waals surface area contributed by atoms with Gasteiger partial charge in [-0.25, -0.2) is 0 Å². The Morgan fingerprint density at radius 2 is 2.06 bits per heavy atom. The minimum Gasteiger partial charge on any atom is -0.404 e. The second-order valence-corrected chi connectivity index (χ2v) is 3.43. The van der Waals surface area contributed by atoms with Gasteiger partial charge in [0, 0.05) is 6.42 Å². The lowest BCUT2D eigenvalue weighted by atomic mass is 10.1. The van der Waals surface area contributed by atoms with E-state index in [9.17, 15) is 18.0 Å². The van der Waals surface area contributed by atoms with Gasteiger partial charge >= 0.3 is 6.36 Å². The molecule has 0 fully saturated rings. The van der Waals surface area contributed by atoms with Crippen LogP contribution in [0.1, 0.15) is 12.0 Å². The summed E-state index contributed by atoms with van der Waals surface area (Å²) in [7, 11) is 0. The van der Waals surface area contributed by atoms with Crippen LogP contribution in [0.3, 0.4) is 0 Å². The number of ether oxygens (including phenoxy) is 1. The molecular weight excluding hydrogens is 245 g/mol. The predicted octanol–water partition coefficient (Wildman–Crippen LogP) is 3.37. The molecule has 1 rings (SSSR count). The molecule has 0 radical (unpaired) electrons. The molecule has 2 nitrogen and oxygen atoms in total. The second kappa shape index (κ2) is 5.21. The van der Waals surface area contributed by atoms with E-state index in [0.717, 1.165) is 0 Å². The summed E-state index contributed by atoms with van der Waals surface area (Å²) in [4.78, 5) is 10.1. The molecular formula is C10H8ClF3O2. The summed E-state index contributed by atoms with van der Waals surface area (Å²) in [6.45, 7) is 0. The monoisotopic (exact) mass is 252 g/mol. The Kier molecular flexibility index (Phi) is 4.18. The van der Waals surface area contributed by atoms with Crippen molar-refractivity contribution >= 4 is 17.9 Å². The van der Waals surface area contributed by atoms with E-state index < -0.39 is 12.1 Å². The topological polar surface area (TPSA) is 26.3 Å². The van der Waals surface area contributed by atoms with Crippen LogP contribution in [-0.4, -0.2) is 12.6 Å². The van der Waals surface area contributed by atoms with E-state index in [1.807, 2.05) is 0 Å². The molecule has 1 aromatic carbocycles. The lowest BCUT2D eigenvalue weighted by Crippen LogP contribution is -2.17. The maximum Gasteiger partial charge on any atom is 0.573 e. The van der Waals surface area contributed by atoms with E-state index in [-0.39, 0.29) is 11.4 Å². The molecule has 0 heterocycles. The third-order valence-electron chi connectivity index (χ3n) is 1.77. The fraction of sp³-hybridized carbons (Fsp3) is 0.300. The van der Waals surface area contributed by atoms with Gasteiger partial charge in [0.2, 0.25) is 0 Å². The summed E-state index contributed by atoms with van der Waals surface area (Å²) < 4.78 is 39.6. The SMILES string of the molecule is O=CCCc1ccc(Cl)c(OC(F)(F)F)c1. The summed E-state index contributed by atoms with van der Waals surface area (Å²) in [5.74, 6) is -0.447. The van der Waals surface area contributed by atoms with Crippen molar-refractivity contribution < 1.29 is 22.7 Å². The molecule has 0 aliphatic rings. The van der Waals surface area contributed by atoms with Crippen molar-refractivity contribution in [3.8, 4) is 5.75 Å². The first-order valence-corrected chi connectivity index (χ1v) is 4.78. The molecule has 6 heteroatoms. The van der Waals surface area contributed by atoms with Crippen LogP contribution in [0.5, 0.6) is 5.75 Å². The maximum atomic E-state index is 12.0. The highest BCUT2D eigenvalue weighted by atomic mass is 35.5. The zero-order chi connectivity index (χ0) is 12.2. The van der Waals surface area contributed by atoms with Crippen LogP contribution in [-0.2, 0) is 11.2 Å². The van der Waals surface area contributed by atoms with Crippen molar-refractivity contribution in [2.24, 2.45) is 0 Å². The molecule has 0 atom stereocenters. The average Bonchev–Trinajstić information content (AvgIpc) is 2.17. The number of hydrogen-bond donors (Lipinski definition) is 0. The van der Waals surface area contributed by atoms with Crippen molar-refractivity contribution in [3.05, 3.63) is 28.8 Å². The van der Waals surface area contributed by atoms with Gasteiger partial charge in [0.1, 0.15) is 12.0 Å². The normalized spacial score (nSPS) is 11.2. The van der Waals surface area contributed by atoms with Gasteiger partial charge in [0.05, 0.1) is 5.02 Å². The van der Waals surface area contributed by atoms with Gasteiger partial charge in [0.25, 0.3) is 0 Å². The smallest absolute Gasteiger partial charge is 0.404 e. The number of alkyl halides is 3. The van der Waals surface area contributed by atoms with Crippen molar-refractivity contribution in [2.45, 2.75) is 19.2 Å². The Bertz CT molecular complexity index is 377. The van der Waals surface area contributed by atoms with Crippen LogP contribution in [0.4, 0.5) is 13.2 Å². The van der Waals surface area contributed by atoms with Crippen molar-refractivity contribution in [2.75, 3.05) is 0 Å². The minimum atomic E-state index is -4.77. The summed E-state index contributed by atoms with van der Waals surface area (Å²) in [5, 5.41) is -0.118. The van der Waals surface area contributed by atoms with Gasteiger partial charge in [-0.1, -0.05) is 17.7 Å². The lowest BCUT2D eigenvalue weighted by molar-refractivity contribution is -0.274. The fourth-order valence-electron chi connectivity index (χ4n) is 1.13. The van der Waals surface area contributed by atoms with Crippen LogP contribution < -0.4 is 4.74 Å². The van der Waals surface area contributed by atoms with Gasteiger partial charge in [0.15, 0.2) is 0 Å². The molecule has 0 saturated carbocycles. The zero-order valence-corrected chi connectivity index (χ0v) is 8.81. The summed E-state index contributed by atoms with van der Waals surface area (Å²) >= 11 is 5.54. The molecule has 0 aromatic heterocycles. The van der Waals surface area contributed by atoms with E-state index in [1.54, 1.807) is 6.07 Å². The third kappa shape index (κ3) is 4.10. The van der Waals surface area contributed by atoms with E-state index in [4.69, 9.17) is 11.6 Å². The molecule has 0 N–H and O–H groups in total. The molecule has 0 aliphatic carbocycles. The highest BCUT2D eigenvalue weighted by molar-refractivity contribution is 6.32. The molecule has 0 aliphatic heterocycles. The zero-order valence-electron chi connectivity index (χ0n) is 8.05. The molecule has 0 spiro atoms. The number of carbonyl (C=O) groups excluding carboxylic acids is 1. The molecule has 88 valence electrons. The van der Waals surface area contributed by atoms with Gasteiger partial charge < -0.3 is 9.53 Å². The molecule has 1 aromatic rings. The molecule has 0 bridgehead atoms. The molecule has 0 unspecified atom stereocenters. The molecule has 0 saturated heterocycles. The first-order chi connectivity index (χ1) is 7.42. The number of benzene rings is 1. The van der Waals surface area contributed by atoms with Crippen LogP contribution in [0.25, 0.3) is 0 Å². The first-order valence-electron chi connectivity index (χ1n) is 4.40. The fourth-order valence-corrected chi connectivity index (χ4v) is 1.29. The van der Waals surface area contributed by atoms with Crippen molar-refractivity contribution in [3.63, 3.8) is 0 Å². The largest absolute Gasteiger partial charge is 0.573 e. The number of hydrogen-bond acceptors (Lipinski definition) is 2. The number of aryl methyl sites for hydroxylation is 1. The number of rotatable bonds is 4. The van der Waals surface area contributed by atoms with Gasteiger partial charge in [-0.15, -0.1) is 13.2 Å². The van der Waals surface area contributed by atoms with Gasteiger partial charge in [-0.2, -0.15) is 0 Å². The van der Waals surface area contributed by atoms with Crippen LogP contribution in [0.2, 0.25) is 5.02 Å². The van der Waals surface area contributed by atoms with Crippen LogP contribution in [0, 0.1) is 0 Å². The van der Waals surface area contributed by atoms with Crippen LogP contribution >= 0.6 is 11.6 Å². The second-order valence-electron chi connectivity index (χ2n) is 3.02. The summed E-state index contributed by atoms with van der Waals surface area (Å²) in [6, 6.07) is 4.04. The van der Waals surface area contributed by atoms with Gasteiger partial charge in [-0.05, 0) is 24.1 Å². The Morgan fingerprint density at radius 1 is 1.38 bits per heavy atom. The highest BCUT2D eigenvalue weighted by Crippen LogP contribution is 2.31. The van der Waals surface area contributed by atoms with E-state index >= 15 is 0 Å². The predicted molar refractivity (Wildman–Crippen MR) is 52.5 cm³/mol. The minimum absolute atomic E-state index is 0.118. The molecule has 16 heavy (non-hydrogen) atoms. The van der Waals surface area contributed by atoms with E-state index in [1.165, 1.54) is 12.1 Å². The standard InChI is InChI=1S/C10H8ClF3O2/c11-8-4-3-7(2-1-5-15)6-9(8)16-10(12,13)14/h3-6H,1-2H2. The first kappa shape index (κ1) is 12.8. The van der Waals surface area contributed by atoms with E-state index in [2.05, 4.69) is 4.74 Å². The average molecular weight is 253 g/mol. The Morgan fingerprint density at radius 3 is 2.62 bits per heavy atom. The van der Waals surface area contributed by atoms with Gasteiger partial charge in [-0.3, -0.25) is 0 Å². The Balaban J connectivity index is 2.86. The van der Waals surface area contributed by atoms with Crippen molar-refractivity contribution in [1.29, 1.82) is 0 Å². The van der Waals surface area contributed by atoms with Crippen molar-refractivity contribution in [1.82, 2.24) is 0 Å². The number of halogens is 4. The third-order valence-corrected chi connectivity index (χ3v) is 2.08.